The van der Waals surface area contributed by atoms with Crippen LogP contribution in [0.4, 0.5) is 11.9 Å². The highest BCUT2D eigenvalue weighted by molar-refractivity contribution is 7.45. The number of imidazole rings is 1. The molecule has 2 unspecified atom stereocenters. The molecule has 0 spiro atoms. The van der Waals surface area contributed by atoms with Gasteiger partial charge in [-0.25, -0.2) is 0 Å². The van der Waals surface area contributed by atoms with E-state index in [0.717, 1.165) is 4.57 Å². The molecule has 4 rings (SSSR count). The van der Waals surface area contributed by atoms with Gasteiger partial charge in [-0.05, 0) is 4.92 Å². The molecule has 0 saturated carbocycles. The van der Waals surface area contributed by atoms with Gasteiger partial charge in [0, 0.05) is 0 Å². The second-order valence-electron chi connectivity index (χ2n) is 5.53. The van der Waals surface area contributed by atoms with Crippen LogP contribution in [0.1, 0.15) is 6.23 Å². The number of aromatic nitrogens is 4. The molecular formula is C10H10N6O9P-. The Morgan fingerprint density at radius 1 is 1.46 bits per heavy atom. The number of H-pyrrole nitrogens is 1. The van der Waals surface area contributed by atoms with Crippen LogP contribution in [0.15, 0.2) is 4.79 Å². The van der Waals surface area contributed by atoms with Gasteiger partial charge in [0.25, 0.3) is 18.9 Å². The number of rotatable bonds is 2. The summed E-state index contributed by atoms with van der Waals surface area (Å²) in [6.45, 7) is -0.449. The Morgan fingerprint density at radius 3 is 2.88 bits per heavy atom. The molecule has 0 aliphatic carbocycles. The fourth-order valence-electron chi connectivity index (χ4n) is 2.89. The van der Waals surface area contributed by atoms with Crippen LogP contribution in [0, 0.1) is 10.1 Å². The van der Waals surface area contributed by atoms with E-state index >= 15 is 0 Å². The van der Waals surface area contributed by atoms with Crippen LogP contribution in [-0.4, -0.2) is 54.5 Å². The maximum atomic E-state index is 11.9. The third-order valence-electron chi connectivity index (χ3n) is 3.93. The van der Waals surface area contributed by atoms with Gasteiger partial charge < -0.3 is 39.6 Å². The quantitative estimate of drug-likeness (QED) is 0.281. The Morgan fingerprint density at radius 2 is 2.19 bits per heavy atom. The van der Waals surface area contributed by atoms with E-state index in [0.29, 0.717) is 0 Å². The minimum atomic E-state index is -4.63. The van der Waals surface area contributed by atoms with Crippen molar-refractivity contribution in [3.8, 4) is 0 Å². The summed E-state index contributed by atoms with van der Waals surface area (Å²) in [5.74, 6) is -1.19. The lowest BCUT2D eigenvalue weighted by molar-refractivity contribution is -0.398. The zero-order valence-electron chi connectivity index (χ0n) is 12.5. The molecule has 140 valence electrons. The van der Waals surface area contributed by atoms with Crippen LogP contribution in [0.5, 0.6) is 0 Å². The summed E-state index contributed by atoms with van der Waals surface area (Å²) in [5, 5.41) is 21.7. The number of nitrogen functional groups attached to an aromatic ring is 1. The number of nitrogens with two attached hydrogens (primary N) is 1. The monoisotopic (exact) mass is 389 g/mol. The van der Waals surface area contributed by atoms with Crippen LogP contribution in [0.25, 0.3) is 11.2 Å². The van der Waals surface area contributed by atoms with Gasteiger partial charge in [-0.3, -0.25) is 14.3 Å². The minimum absolute atomic E-state index is 0.313. The van der Waals surface area contributed by atoms with Crippen LogP contribution >= 0.6 is 7.82 Å². The summed E-state index contributed by atoms with van der Waals surface area (Å²) in [6.07, 6.45) is -5.54. The molecular weight excluding hydrogens is 379 g/mol. The minimum Gasteiger partial charge on any atom is -0.756 e. The van der Waals surface area contributed by atoms with E-state index in [4.69, 9.17) is 10.5 Å². The van der Waals surface area contributed by atoms with Crippen molar-refractivity contribution in [1.29, 1.82) is 0 Å². The third-order valence-corrected chi connectivity index (χ3v) is 4.89. The predicted octanol–water partition coefficient (Wildman–Crippen LogP) is -2.25. The van der Waals surface area contributed by atoms with E-state index in [2.05, 4.69) is 24.0 Å². The first-order chi connectivity index (χ1) is 12.2. The first-order valence-electron chi connectivity index (χ1n) is 7.07. The topological polar surface area (TPSA) is 221 Å². The highest BCUT2D eigenvalue weighted by atomic mass is 31.2. The van der Waals surface area contributed by atoms with Crippen molar-refractivity contribution in [1.82, 2.24) is 19.5 Å². The molecule has 2 aromatic heterocycles. The SMILES string of the molecule is Nc1nc2c(nc([N+](=O)[O-])n2[C@@H]2O[C@@H]3COP(=O)([O-])OC3[C@@H]2O)c(=O)[nH]1. The van der Waals surface area contributed by atoms with Gasteiger partial charge in [0.2, 0.25) is 17.8 Å². The number of phosphoric ester groups is 1. The second-order valence-corrected chi connectivity index (χ2v) is 6.89. The van der Waals surface area contributed by atoms with Gasteiger partial charge in [-0.1, -0.05) is 4.98 Å². The number of ether oxygens (including phenoxy) is 1. The first-order valence-corrected chi connectivity index (χ1v) is 8.53. The largest absolute Gasteiger partial charge is 0.756 e. The first kappa shape index (κ1) is 17.0. The van der Waals surface area contributed by atoms with Crippen LogP contribution in [-0.2, 0) is 18.3 Å². The zero-order valence-corrected chi connectivity index (χ0v) is 13.4. The fourth-order valence-corrected chi connectivity index (χ4v) is 3.84. The Labute approximate surface area is 142 Å². The summed E-state index contributed by atoms with van der Waals surface area (Å²) in [4.78, 5) is 43.3. The Hall–Kier alpha value is -2.42. The molecule has 5 atom stereocenters. The average molecular weight is 389 g/mol. The Bertz CT molecular complexity index is 1020. The van der Waals surface area contributed by atoms with E-state index in [1.165, 1.54) is 0 Å². The van der Waals surface area contributed by atoms with Gasteiger partial charge in [-0.2, -0.15) is 9.55 Å². The van der Waals surface area contributed by atoms with E-state index in [-0.39, 0.29) is 11.6 Å². The number of aliphatic hydroxyl groups is 1. The molecule has 0 aromatic carbocycles. The van der Waals surface area contributed by atoms with E-state index < -0.39 is 60.9 Å². The van der Waals surface area contributed by atoms with E-state index in [9.17, 15) is 29.5 Å². The number of phosphoric acid groups is 1. The fraction of sp³-hybridized carbons (Fsp3) is 0.500. The Kier molecular flexibility index (Phi) is 3.62. The molecule has 2 aliphatic rings. The lowest BCUT2D eigenvalue weighted by Gasteiger charge is -2.34. The molecule has 2 aliphatic heterocycles. The lowest BCUT2D eigenvalue weighted by atomic mass is 10.1. The molecule has 15 nitrogen and oxygen atoms in total. The number of nitrogens with zero attached hydrogens (tertiary/aromatic N) is 4. The summed E-state index contributed by atoms with van der Waals surface area (Å²) < 4.78 is 26.8. The van der Waals surface area contributed by atoms with Gasteiger partial charge in [0.15, 0.2) is 0 Å². The van der Waals surface area contributed by atoms with Crippen LogP contribution < -0.4 is 16.2 Å². The number of nitrogens with one attached hydrogen (secondary N) is 1. The normalized spacial score (nSPS) is 34.1. The van der Waals surface area contributed by atoms with Crippen molar-refractivity contribution in [3.63, 3.8) is 0 Å². The molecule has 0 bridgehead atoms. The maximum absolute atomic E-state index is 11.9. The predicted molar refractivity (Wildman–Crippen MR) is 77.6 cm³/mol. The van der Waals surface area contributed by atoms with Gasteiger partial charge in [-0.15, -0.1) is 0 Å². The maximum Gasteiger partial charge on any atom is 0.439 e. The molecule has 0 radical (unpaired) electrons. The van der Waals surface area contributed by atoms with Crippen molar-refractivity contribution in [2.45, 2.75) is 24.5 Å². The number of anilines is 1. The summed E-state index contributed by atoms with van der Waals surface area (Å²) in [6, 6.07) is 0. The Balaban J connectivity index is 1.86. The smallest absolute Gasteiger partial charge is 0.439 e. The highest BCUT2D eigenvalue weighted by Gasteiger charge is 2.53. The average Bonchev–Trinajstić information content (AvgIpc) is 3.05. The molecule has 26 heavy (non-hydrogen) atoms. The van der Waals surface area contributed by atoms with Crippen molar-refractivity contribution < 1.29 is 33.3 Å². The number of fused-ring (bicyclic) bond motifs is 2. The summed E-state index contributed by atoms with van der Waals surface area (Å²) in [7, 11) is -4.63. The van der Waals surface area contributed by atoms with Crippen LogP contribution in [0.2, 0.25) is 0 Å². The molecule has 2 aromatic rings. The highest BCUT2D eigenvalue weighted by Crippen LogP contribution is 2.50. The summed E-state index contributed by atoms with van der Waals surface area (Å²) in [5.41, 5.74) is 3.92. The number of hydrogen-bond acceptors (Lipinski definition) is 12. The molecule has 2 fully saturated rings. The molecule has 2 saturated heterocycles. The van der Waals surface area contributed by atoms with Crippen molar-refractivity contribution in [3.05, 3.63) is 20.5 Å². The standard InChI is InChI=1S/C10H11N6O9P/c11-9-13-6-3(7(18)14-9)12-10(16(19)20)15(6)8-4(17)5-2(24-8)1-23-26(21,22)25-5/h2,4-5,8,17H,1H2,(H,21,22)(H3,11,13,14,18)/p-1/t2-,4+,5?,8-/m1/s1. The van der Waals surface area contributed by atoms with Crippen molar-refractivity contribution in [2.24, 2.45) is 0 Å². The third kappa shape index (κ3) is 2.49. The van der Waals surface area contributed by atoms with Gasteiger partial charge >= 0.3 is 5.95 Å². The van der Waals surface area contributed by atoms with Crippen LogP contribution in [0.3, 0.4) is 0 Å². The zero-order chi connectivity index (χ0) is 18.8. The van der Waals surface area contributed by atoms with Crippen molar-refractivity contribution in [2.75, 3.05) is 12.3 Å². The van der Waals surface area contributed by atoms with E-state index in [1.54, 1.807) is 0 Å². The molecule has 4 N–H and O–H groups in total. The van der Waals surface area contributed by atoms with Gasteiger partial charge in [0.1, 0.15) is 18.3 Å². The lowest BCUT2D eigenvalue weighted by Crippen LogP contribution is -2.41. The summed E-state index contributed by atoms with van der Waals surface area (Å²) >= 11 is 0. The second kappa shape index (κ2) is 5.54. The number of aromatic amines is 1. The number of aliphatic hydroxyl groups excluding tert-OH is 1. The van der Waals surface area contributed by atoms with Gasteiger partial charge in [0.05, 0.1) is 6.61 Å². The number of hydrogen-bond donors (Lipinski definition) is 3. The molecule has 0 amide bonds. The molecule has 16 heteroatoms. The number of nitro groups is 1. The van der Waals surface area contributed by atoms with Crippen molar-refractivity contribution >= 4 is 30.9 Å². The van der Waals surface area contributed by atoms with E-state index in [1.807, 2.05) is 0 Å². The molecule has 4 heterocycles.